The maximum absolute atomic E-state index is 12.6. The van der Waals surface area contributed by atoms with Gasteiger partial charge in [0.1, 0.15) is 12.7 Å². The summed E-state index contributed by atoms with van der Waals surface area (Å²) in [4.78, 5) is 27.2. The Morgan fingerprint density at radius 3 is 2.92 bits per heavy atom. The van der Waals surface area contributed by atoms with Crippen LogP contribution in [-0.2, 0) is 19.1 Å². The zero-order valence-corrected chi connectivity index (χ0v) is 14.6. The molecular weight excluding hydrogens is 326 g/mol. The van der Waals surface area contributed by atoms with Crippen molar-refractivity contribution in [2.75, 3.05) is 26.3 Å². The van der Waals surface area contributed by atoms with Crippen molar-refractivity contribution in [2.45, 2.75) is 44.4 Å². The summed E-state index contributed by atoms with van der Waals surface area (Å²) in [7, 11) is 0. The van der Waals surface area contributed by atoms with E-state index in [2.05, 4.69) is 4.90 Å². The largest absolute Gasteiger partial charge is 0.459 e. The third-order valence-corrected chi connectivity index (χ3v) is 5.54. The highest BCUT2D eigenvalue weighted by Gasteiger charge is 2.45. The first-order valence-corrected chi connectivity index (χ1v) is 8.68. The molecule has 3 heterocycles. The lowest BCUT2D eigenvalue weighted by molar-refractivity contribution is -0.169. The van der Waals surface area contributed by atoms with Gasteiger partial charge in [-0.3, -0.25) is 4.90 Å². The molecule has 2 fully saturated rings. The fraction of sp³-hybridized carbons (Fsp3) is 0.667. The number of nitrogens with zero attached hydrogens (tertiary/aromatic N) is 1. The summed E-state index contributed by atoms with van der Waals surface area (Å²) in [5.41, 5.74) is -0.562. The Labute approximate surface area is 146 Å². The second-order valence-corrected chi connectivity index (χ2v) is 7.19. The third kappa shape index (κ3) is 3.36. The second-order valence-electron chi connectivity index (χ2n) is 7.19. The van der Waals surface area contributed by atoms with Gasteiger partial charge in [-0.2, -0.15) is 0 Å². The molecule has 25 heavy (non-hydrogen) atoms. The number of carbonyl (C=O) groups excluding carboxylic acids is 2. The van der Waals surface area contributed by atoms with E-state index in [1.54, 1.807) is 6.92 Å². The molecule has 138 valence electrons. The summed E-state index contributed by atoms with van der Waals surface area (Å²) in [6.45, 7) is 4.38. The number of ether oxygens (including phenoxy) is 2. The van der Waals surface area contributed by atoms with E-state index in [9.17, 15) is 19.8 Å². The minimum Gasteiger partial charge on any atom is -0.459 e. The normalized spacial score (nSPS) is 38.5. The predicted octanol–water partition coefficient (Wildman–Crippen LogP) is 0.165. The first-order chi connectivity index (χ1) is 11.8. The number of carbonyl (C=O) groups is 2. The molecule has 0 aromatic carbocycles. The summed E-state index contributed by atoms with van der Waals surface area (Å²) >= 11 is 0. The van der Waals surface area contributed by atoms with Crippen LogP contribution in [0.2, 0.25) is 0 Å². The zero-order valence-electron chi connectivity index (χ0n) is 14.6. The lowest BCUT2D eigenvalue weighted by atomic mass is 9.85. The number of aliphatic hydroxyl groups excluding tert-OH is 1. The number of hydrogen-bond donors (Lipinski definition) is 2. The van der Waals surface area contributed by atoms with E-state index in [0.29, 0.717) is 0 Å². The standard InChI is InChI=1S/C18H25NO6/c1-11-9-12(5-8-20)16(21)25-14-4-7-19-6-3-13(15(14)19)10-24-17(22)18(11,2)23/h3,5,11,14-15,20,23H,4,6-10H2,1-2H3/t11-,14-,15-,18-/m1/s1. The Morgan fingerprint density at radius 1 is 1.44 bits per heavy atom. The van der Waals surface area contributed by atoms with Gasteiger partial charge in [0.25, 0.3) is 0 Å². The second kappa shape index (κ2) is 6.90. The van der Waals surface area contributed by atoms with E-state index in [1.807, 2.05) is 6.08 Å². The zero-order chi connectivity index (χ0) is 18.2. The van der Waals surface area contributed by atoms with Crippen molar-refractivity contribution in [3.8, 4) is 0 Å². The Hall–Kier alpha value is -1.70. The van der Waals surface area contributed by atoms with Crippen LogP contribution in [0.1, 0.15) is 26.7 Å². The molecule has 3 aliphatic rings. The molecule has 0 radical (unpaired) electrons. The topological polar surface area (TPSA) is 96.3 Å². The molecule has 2 saturated heterocycles. The highest BCUT2D eigenvalue weighted by Crippen LogP contribution is 2.34. The van der Waals surface area contributed by atoms with Crippen LogP contribution in [0, 0.1) is 5.92 Å². The number of rotatable bonds is 1. The fourth-order valence-electron chi connectivity index (χ4n) is 3.72. The van der Waals surface area contributed by atoms with Crippen LogP contribution in [0.4, 0.5) is 0 Å². The molecule has 0 amide bonds. The van der Waals surface area contributed by atoms with Gasteiger partial charge < -0.3 is 19.7 Å². The van der Waals surface area contributed by atoms with Gasteiger partial charge in [0, 0.05) is 18.7 Å². The van der Waals surface area contributed by atoms with Crippen molar-refractivity contribution in [1.82, 2.24) is 4.90 Å². The van der Waals surface area contributed by atoms with Crippen LogP contribution < -0.4 is 0 Å². The van der Waals surface area contributed by atoms with E-state index in [-0.39, 0.29) is 37.4 Å². The molecular formula is C18H25NO6. The van der Waals surface area contributed by atoms with Gasteiger partial charge in [-0.15, -0.1) is 0 Å². The Morgan fingerprint density at radius 2 is 2.20 bits per heavy atom. The van der Waals surface area contributed by atoms with Crippen molar-refractivity contribution in [2.24, 2.45) is 5.92 Å². The predicted molar refractivity (Wildman–Crippen MR) is 88.5 cm³/mol. The van der Waals surface area contributed by atoms with Crippen molar-refractivity contribution < 1.29 is 29.3 Å². The number of aliphatic hydroxyl groups is 2. The molecule has 0 bridgehead atoms. The summed E-state index contributed by atoms with van der Waals surface area (Å²) in [6.07, 6.45) is 3.92. The molecule has 0 aromatic rings. The molecule has 4 atom stereocenters. The van der Waals surface area contributed by atoms with Crippen LogP contribution in [0.25, 0.3) is 0 Å². The van der Waals surface area contributed by atoms with Crippen molar-refractivity contribution >= 4 is 11.9 Å². The van der Waals surface area contributed by atoms with Crippen LogP contribution in [-0.4, -0.2) is 71.1 Å². The summed E-state index contributed by atoms with van der Waals surface area (Å²) in [5, 5.41) is 19.8. The summed E-state index contributed by atoms with van der Waals surface area (Å²) < 4.78 is 11.1. The molecule has 2 N–H and O–H groups in total. The number of hydrogen-bond acceptors (Lipinski definition) is 7. The number of cyclic esters (lactones) is 1. The molecule has 0 unspecified atom stereocenters. The fourth-order valence-corrected chi connectivity index (χ4v) is 3.72. The molecule has 0 spiro atoms. The summed E-state index contributed by atoms with van der Waals surface area (Å²) in [5.74, 6) is -1.77. The average Bonchev–Trinajstić information content (AvgIpc) is 3.14. The van der Waals surface area contributed by atoms with Gasteiger partial charge in [0.05, 0.1) is 12.6 Å². The Balaban J connectivity index is 1.92. The van der Waals surface area contributed by atoms with Gasteiger partial charge in [-0.25, -0.2) is 9.59 Å². The lowest BCUT2D eigenvalue weighted by Crippen LogP contribution is -2.45. The van der Waals surface area contributed by atoms with Crippen molar-refractivity contribution in [1.29, 1.82) is 0 Å². The van der Waals surface area contributed by atoms with Crippen LogP contribution >= 0.6 is 0 Å². The maximum Gasteiger partial charge on any atom is 0.338 e. The molecule has 3 aliphatic heterocycles. The van der Waals surface area contributed by atoms with E-state index in [1.165, 1.54) is 13.0 Å². The quantitative estimate of drug-likeness (QED) is 0.395. The SMILES string of the molecule is C[C@@H]1CC(=CCO)C(=O)O[C@@H]2CCN3CC=C(COC(=O)[C@]1(C)O)[C@H]23. The van der Waals surface area contributed by atoms with Crippen molar-refractivity contribution in [3.05, 3.63) is 23.3 Å². The van der Waals surface area contributed by atoms with E-state index in [0.717, 1.165) is 25.1 Å². The van der Waals surface area contributed by atoms with Crippen LogP contribution in [0.15, 0.2) is 23.3 Å². The lowest BCUT2D eigenvalue weighted by Gasteiger charge is -2.31. The Bertz CT molecular complexity index is 623. The van der Waals surface area contributed by atoms with E-state index in [4.69, 9.17) is 9.47 Å². The minimum absolute atomic E-state index is 0.0890. The van der Waals surface area contributed by atoms with Gasteiger partial charge in [0.2, 0.25) is 0 Å². The first kappa shape index (κ1) is 18.1. The average molecular weight is 351 g/mol. The molecule has 0 aliphatic carbocycles. The third-order valence-electron chi connectivity index (χ3n) is 5.54. The van der Waals surface area contributed by atoms with Crippen molar-refractivity contribution in [3.63, 3.8) is 0 Å². The molecule has 0 aromatic heterocycles. The highest BCUT2D eigenvalue weighted by molar-refractivity contribution is 5.89. The van der Waals surface area contributed by atoms with Gasteiger partial charge in [0.15, 0.2) is 5.60 Å². The highest BCUT2D eigenvalue weighted by atomic mass is 16.6. The molecule has 3 rings (SSSR count). The summed E-state index contributed by atoms with van der Waals surface area (Å²) in [6, 6.07) is -0.0890. The smallest absolute Gasteiger partial charge is 0.338 e. The monoisotopic (exact) mass is 351 g/mol. The molecule has 7 heteroatoms. The van der Waals surface area contributed by atoms with Crippen LogP contribution in [0.3, 0.4) is 0 Å². The van der Waals surface area contributed by atoms with E-state index < -0.39 is 23.5 Å². The van der Waals surface area contributed by atoms with E-state index >= 15 is 0 Å². The molecule has 0 saturated carbocycles. The van der Waals surface area contributed by atoms with Gasteiger partial charge >= 0.3 is 11.9 Å². The Kier molecular flexibility index (Phi) is 4.99. The van der Waals surface area contributed by atoms with Crippen LogP contribution in [0.5, 0.6) is 0 Å². The minimum atomic E-state index is -1.73. The first-order valence-electron chi connectivity index (χ1n) is 8.68. The van der Waals surface area contributed by atoms with Gasteiger partial charge in [-0.05, 0) is 37.3 Å². The van der Waals surface area contributed by atoms with Gasteiger partial charge in [-0.1, -0.05) is 13.0 Å². The number of esters is 2. The molecule has 7 nitrogen and oxygen atoms in total. The maximum atomic E-state index is 12.6.